The summed E-state index contributed by atoms with van der Waals surface area (Å²) in [4.78, 5) is 58.7. The molecule has 2 fully saturated rings. The van der Waals surface area contributed by atoms with E-state index >= 15 is 0 Å². The molecule has 1 aromatic heterocycles. The molecule has 2 aliphatic rings. The van der Waals surface area contributed by atoms with Crippen LogP contribution < -0.4 is 4.90 Å². The minimum Gasteiger partial charge on any atom is -0.454 e. The average molecular weight is 674 g/mol. The van der Waals surface area contributed by atoms with Crippen molar-refractivity contribution < 1.29 is 23.9 Å². The summed E-state index contributed by atoms with van der Waals surface area (Å²) in [6.07, 6.45) is 3.45. The molecule has 228 valence electrons. The smallest absolute Gasteiger partial charge is 0.339 e. The number of ether oxygens (including phenoxy) is 1. The molecule has 2 heterocycles. The molecule has 2 unspecified atom stereocenters. The van der Waals surface area contributed by atoms with Crippen molar-refractivity contribution in [2.75, 3.05) is 11.5 Å². The largest absolute Gasteiger partial charge is 0.454 e. The summed E-state index contributed by atoms with van der Waals surface area (Å²) in [6.45, 7) is -0.411. The van der Waals surface area contributed by atoms with Crippen LogP contribution in [0.3, 0.4) is 0 Å². The van der Waals surface area contributed by atoms with Crippen LogP contribution in [0.5, 0.6) is 0 Å². The van der Waals surface area contributed by atoms with E-state index in [4.69, 9.17) is 9.72 Å². The van der Waals surface area contributed by atoms with Gasteiger partial charge in [-0.05, 0) is 60.4 Å². The molecular weight excluding hydrogens is 644 g/mol. The molecule has 1 aliphatic carbocycles. The Morgan fingerprint density at radius 3 is 2.07 bits per heavy atom. The number of fused-ring (bicyclic) bond motifs is 2. The molecule has 7 nitrogen and oxygen atoms in total. The van der Waals surface area contributed by atoms with E-state index in [1.165, 1.54) is 4.90 Å². The minimum absolute atomic E-state index is 0.122. The molecule has 1 saturated heterocycles. The van der Waals surface area contributed by atoms with Crippen LogP contribution >= 0.6 is 15.9 Å². The predicted molar refractivity (Wildman–Crippen MR) is 179 cm³/mol. The number of aromatic nitrogens is 1. The standard InChI is InChI=1S/C38H29BrN2O5/c39-27-16-19-33-31(20-27)32(38(45)46-22-35(42)26-12-10-24(11-13-26)23-6-2-1-3-7-23)21-34(40-33)25-14-17-28(18-15-25)41-36(43)29-8-4-5-9-30(29)37(41)44/h1-3,6-7,10-21,29-30H,4-5,8-9,22H2. The van der Waals surface area contributed by atoms with Gasteiger partial charge in [0.25, 0.3) is 0 Å². The first-order chi connectivity index (χ1) is 22.4. The second-order valence-electron chi connectivity index (χ2n) is 11.7. The van der Waals surface area contributed by atoms with Crippen molar-refractivity contribution in [3.8, 4) is 22.4 Å². The first-order valence-corrected chi connectivity index (χ1v) is 16.1. The van der Waals surface area contributed by atoms with Crippen molar-refractivity contribution in [3.05, 3.63) is 119 Å². The lowest BCUT2D eigenvalue weighted by Gasteiger charge is -2.19. The molecule has 2 amide bonds. The van der Waals surface area contributed by atoms with Gasteiger partial charge in [0.15, 0.2) is 12.4 Å². The van der Waals surface area contributed by atoms with Gasteiger partial charge in [-0.1, -0.05) is 95.5 Å². The Morgan fingerprint density at radius 2 is 1.39 bits per heavy atom. The quantitative estimate of drug-likeness (QED) is 0.0987. The Labute approximate surface area is 274 Å². The molecule has 0 N–H and O–H groups in total. The van der Waals surface area contributed by atoms with E-state index in [9.17, 15) is 19.2 Å². The summed E-state index contributed by atoms with van der Waals surface area (Å²) in [6, 6.07) is 31.2. The topological polar surface area (TPSA) is 93.6 Å². The highest BCUT2D eigenvalue weighted by atomic mass is 79.9. The number of imide groups is 1. The van der Waals surface area contributed by atoms with Crippen molar-refractivity contribution in [1.29, 1.82) is 0 Å². The maximum atomic E-state index is 13.5. The predicted octanol–water partition coefficient (Wildman–Crippen LogP) is 8.05. The Balaban J connectivity index is 1.12. The lowest BCUT2D eigenvalue weighted by Crippen LogP contribution is -2.30. The van der Waals surface area contributed by atoms with E-state index in [2.05, 4.69) is 15.9 Å². The fourth-order valence-electron chi connectivity index (χ4n) is 6.48. The zero-order valence-corrected chi connectivity index (χ0v) is 26.4. The van der Waals surface area contributed by atoms with Gasteiger partial charge in [-0.25, -0.2) is 9.78 Å². The van der Waals surface area contributed by atoms with Crippen molar-refractivity contribution in [2.24, 2.45) is 11.8 Å². The highest BCUT2D eigenvalue weighted by Crippen LogP contribution is 2.40. The number of Topliss-reactive ketones (excluding diaryl/α,β-unsaturated/α-hetero) is 1. The van der Waals surface area contributed by atoms with Gasteiger partial charge in [0.2, 0.25) is 11.8 Å². The maximum Gasteiger partial charge on any atom is 0.339 e. The number of amides is 2. The highest BCUT2D eigenvalue weighted by molar-refractivity contribution is 9.10. The van der Waals surface area contributed by atoms with Crippen molar-refractivity contribution >= 4 is 56.1 Å². The summed E-state index contributed by atoms with van der Waals surface area (Å²) < 4.78 is 6.31. The third-order valence-electron chi connectivity index (χ3n) is 8.90. The van der Waals surface area contributed by atoms with Gasteiger partial charge in [-0.3, -0.25) is 19.3 Å². The fourth-order valence-corrected chi connectivity index (χ4v) is 6.85. The number of hydrogen-bond acceptors (Lipinski definition) is 6. The summed E-state index contributed by atoms with van der Waals surface area (Å²) in [7, 11) is 0. The monoisotopic (exact) mass is 672 g/mol. The number of halogens is 1. The minimum atomic E-state index is -0.645. The molecule has 0 bridgehead atoms. The third kappa shape index (κ3) is 5.65. The summed E-state index contributed by atoms with van der Waals surface area (Å²) >= 11 is 3.47. The van der Waals surface area contributed by atoms with Crippen LogP contribution in [0.2, 0.25) is 0 Å². The molecule has 2 atom stereocenters. The number of nitrogens with zero attached hydrogens (tertiary/aromatic N) is 2. The van der Waals surface area contributed by atoms with E-state index in [0.29, 0.717) is 33.4 Å². The van der Waals surface area contributed by atoms with Crippen molar-refractivity contribution in [3.63, 3.8) is 0 Å². The van der Waals surface area contributed by atoms with E-state index in [-0.39, 0.29) is 35.0 Å². The van der Waals surface area contributed by atoms with Crippen molar-refractivity contribution in [2.45, 2.75) is 25.7 Å². The van der Waals surface area contributed by atoms with Gasteiger partial charge < -0.3 is 4.74 Å². The van der Waals surface area contributed by atoms with Gasteiger partial charge in [0.1, 0.15) is 0 Å². The Kier molecular flexibility index (Phi) is 8.05. The van der Waals surface area contributed by atoms with E-state index < -0.39 is 12.6 Å². The first kappa shape index (κ1) is 29.7. The number of esters is 1. The van der Waals surface area contributed by atoms with E-state index in [1.807, 2.05) is 48.5 Å². The zero-order valence-electron chi connectivity index (χ0n) is 24.8. The molecule has 7 rings (SSSR count). The number of benzene rings is 4. The molecular formula is C38H29BrN2O5. The van der Waals surface area contributed by atoms with Gasteiger partial charge >= 0.3 is 5.97 Å². The van der Waals surface area contributed by atoms with Crippen LogP contribution in [0.15, 0.2) is 108 Å². The number of pyridine rings is 1. The number of carbonyl (C=O) groups excluding carboxylic acids is 4. The lowest BCUT2D eigenvalue weighted by molar-refractivity contribution is -0.122. The van der Waals surface area contributed by atoms with Crippen molar-refractivity contribution in [1.82, 2.24) is 4.98 Å². The third-order valence-corrected chi connectivity index (χ3v) is 9.39. The molecule has 1 saturated carbocycles. The number of anilines is 1. The molecule has 0 spiro atoms. The van der Waals surface area contributed by atoms with Gasteiger partial charge in [-0.15, -0.1) is 0 Å². The normalized spacial score (nSPS) is 17.6. The number of ketones is 1. The average Bonchev–Trinajstić information content (AvgIpc) is 3.36. The van der Waals surface area contributed by atoms with Crippen LogP contribution in [0.4, 0.5) is 5.69 Å². The second-order valence-corrected chi connectivity index (χ2v) is 12.6. The van der Waals surface area contributed by atoms with Crippen LogP contribution in [0.25, 0.3) is 33.3 Å². The molecule has 0 radical (unpaired) electrons. The molecule has 5 aromatic rings. The zero-order chi connectivity index (χ0) is 31.8. The fraction of sp³-hybridized carbons (Fsp3) is 0.184. The number of rotatable bonds is 7. The van der Waals surface area contributed by atoms with E-state index in [1.54, 1.807) is 54.6 Å². The van der Waals surface area contributed by atoms with Gasteiger partial charge in [0.05, 0.1) is 34.3 Å². The molecule has 8 heteroatoms. The first-order valence-electron chi connectivity index (χ1n) is 15.3. The summed E-state index contributed by atoms with van der Waals surface area (Å²) in [5.74, 6) is -1.65. The summed E-state index contributed by atoms with van der Waals surface area (Å²) in [5, 5.41) is 0.579. The summed E-state index contributed by atoms with van der Waals surface area (Å²) in [5.41, 5.74) is 5.08. The van der Waals surface area contributed by atoms with Gasteiger partial charge in [0, 0.05) is 21.0 Å². The highest BCUT2D eigenvalue weighted by Gasteiger charge is 2.48. The Morgan fingerprint density at radius 1 is 0.761 bits per heavy atom. The van der Waals surface area contributed by atoms with Crippen LogP contribution in [-0.4, -0.2) is 35.2 Å². The number of carbonyl (C=O) groups is 4. The van der Waals surface area contributed by atoms with Crippen LogP contribution in [0, 0.1) is 11.8 Å². The second kappa shape index (κ2) is 12.4. The van der Waals surface area contributed by atoms with Gasteiger partial charge in [-0.2, -0.15) is 0 Å². The maximum absolute atomic E-state index is 13.5. The van der Waals surface area contributed by atoms with Crippen LogP contribution in [0.1, 0.15) is 46.4 Å². The van der Waals surface area contributed by atoms with Crippen LogP contribution in [-0.2, 0) is 14.3 Å². The molecule has 1 aliphatic heterocycles. The Hall–Kier alpha value is -4.95. The molecule has 4 aromatic carbocycles. The Bertz CT molecular complexity index is 1970. The SMILES string of the molecule is O=C(COC(=O)c1cc(-c2ccc(N3C(=O)C4CCCCC4C3=O)cc2)nc2ccc(Br)cc12)c1ccc(-c2ccccc2)cc1. The lowest BCUT2D eigenvalue weighted by atomic mass is 9.81. The van der Waals surface area contributed by atoms with E-state index in [0.717, 1.165) is 41.3 Å². The molecule has 46 heavy (non-hydrogen) atoms. The number of hydrogen-bond donors (Lipinski definition) is 0.